The van der Waals surface area contributed by atoms with Crippen LogP contribution in [0, 0.1) is 0 Å². The van der Waals surface area contributed by atoms with Crippen LogP contribution in [-0.4, -0.2) is 43.0 Å². The maximum atomic E-state index is 13.2. The Labute approximate surface area is 180 Å². The van der Waals surface area contributed by atoms with E-state index in [2.05, 4.69) is 20.8 Å². The molecule has 6 heteroatoms. The second-order valence-electron chi connectivity index (χ2n) is 8.15. The summed E-state index contributed by atoms with van der Waals surface area (Å²) < 4.78 is 22.7. The standard InChI is InChI=1S/C24H28O5Si/c1-24(2,3)30-29-18-14-17(25)21(22(18)15-10-8-7-9-11-15)16-12-19(26-4)23(28-6)20(13-16)27-5/h7-13,18H,14H2,1-6H3. The SMILES string of the molecule is COc1cc(C2=C(c3ccccc3)C(O[Si]C(C)(C)C)CC2=O)cc(OC)c1OC. The van der Waals surface area contributed by atoms with Gasteiger partial charge in [-0.05, 0) is 33.9 Å². The fourth-order valence-corrected chi connectivity index (χ4v) is 4.22. The predicted octanol–water partition coefficient (Wildman–Crippen LogP) is 4.82. The second kappa shape index (κ2) is 9.06. The Kier molecular flexibility index (Phi) is 6.68. The predicted molar refractivity (Wildman–Crippen MR) is 119 cm³/mol. The number of carbonyl (C=O) groups is 1. The van der Waals surface area contributed by atoms with Crippen molar-refractivity contribution in [3.8, 4) is 17.2 Å². The summed E-state index contributed by atoms with van der Waals surface area (Å²) in [6.07, 6.45) is 0.0331. The lowest BCUT2D eigenvalue weighted by Crippen LogP contribution is -2.21. The van der Waals surface area contributed by atoms with E-state index in [4.69, 9.17) is 18.6 Å². The minimum atomic E-state index is -0.286. The van der Waals surface area contributed by atoms with Crippen molar-refractivity contribution in [2.24, 2.45) is 0 Å². The van der Waals surface area contributed by atoms with Gasteiger partial charge in [-0.15, -0.1) is 0 Å². The fourth-order valence-electron chi connectivity index (χ4n) is 3.52. The molecular weight excluding hydrogens is 396 g/mol. The third-order valence-corrected chi connectivity index (χ3v) is 5.80. The lowest BCUT2D eigenvalue weighted by Gasteiger charge is -2.22. The Hall–Kier alpha value is -2.57. The average Bonchev–Trinajstić information content (AvgIpc) is 3.07. The van der Waals surface area contributed by atoms with Gasteiger partial charge in [0, 0.05) is 12.0 Å². The Morgan fingerprint density at radius 3 is 2.00 bits per heavy atom. The lowest BCUT2D eigenvalue weighted by atomic mass is 9.95. The van der Waals surface area contributed by atoms with Crippen LogP contribution in [0.25, 0.3) is 11.1 Å². The molecule has 5 nitrogen and oxygen atoms in total. The van der Waals surface area contributed by atoms with Gasteiger partial charge in [0.1, 0.15) is 0 Å². The molecule has 0 N–H and O–H groups in total. The zero-order valence-corrected chi connectivity index (χ0v) is 19.4. The van der Waals surface area contributed by atoms with E-state index in [0.29, 0.717) is 29.2 Å². The Morgan fingerprint density at radius 1 is 0.900 bits per heavy atom. The molecule has 1 aliphatic rings. The van der Waals surface area contributed by atoms with E-state index < -0.39 is 0 Å². The van der Waals surface area contributed by atoms with Crippen molar-refractivity contribution >= 4 is 26.7 Å². The summed E-state index contributed by atoms with van der Waals surface area (Å²) in [6, 6.07) is 13.6. The lowest BCUT2D eigenvalue weighted by molar-refractivity contribution is -0.114. The van der Waals surface area contributed by atoms with Crippen LogP contribution in [0.1, 0.15) is 38.3 Å². The molecule has 2 aromatic carbocycles. The number of ketones is 1. The van der Waals surface area contributed by atoms with Crippen LogP contribution >= 0.6 is 0 Å². The molecule has 0 heterocycles. The third-order valence-electron chi connectivity index (χ3n) is 4.79. The number of ether oxygens (including phenoxy) is 3. The first-order chi connectivity index (χ1) is 14.3. The molecule has 1 unspecified atom stereocenters. The Balaban J connectivity index is 2.18. The van der Waals surface area contributed by atoms with Crippen molar-refractivity contribution in [1.82, 2.24) is 0 Å². The van der Waals surface area contributed by atoms with Gasteiger partial charge in [-0.25, -0.2) is 0 Å². The molecule has 0 saturated carbocycles. The fraction of sp³-hybridized carbons (Fsp3) is 0.375. The normalized spacial score (nSPS) is 16.7. The Bertz CT molecular complexity index is 919. The molecule has 0 saturated heterocycles. The summed E-state index contributed by atoms with van der Waals surface area (Å²) in [4.78, 5) is 13.2. The maximum absolute atomic E-state index is 13.2. The molecule has 3 rings (SSSR count). The molecule has 0 amide bonds. The van der Waals surface area contributed by atoms with Gasteiger partial charge in [0.2, 0.25) is 15.5 Å². The van der Waals surface area contributed by atoms with E-state index >= 15 is 0 Å². The molecule has 0 bridgehead atoms. The number of benzene rings is 2. The summed E-state index contributed by atoms with van der Waals surface area (Å²) in [5, 5.41) is 0.0279. The van der Waals surface area contributed by atoms with Crippen molar-refractivity contribution in [1.29, 1.82) is 0 Å². The van der Waals surface area contributed by atoms with E-state index in [1.54, 1.807) is 21.3 Å². The van der Waals surface area contributed by atoms with E-state index in [-0.39, 0.29) is 26.7 Å². The van der Waals surface area contributed by atoms with Gasteiger partial charge in [-0.3, -0.25) is 4.79 Å². The first kappa shape index (κ1) is 22.1. The van der Waals surface area contributed by atoms with Gasteiger partial charge in [0.15, 0.2) is 17.3 Å². The summed E-state index contributed by atoms with van der Waals surface area (Å²) in [5.74, 6) is 1.57. The van der Waals surface area contributed by atoms with Crippen molar-refractivity contribution in [2.45, 2.75) is 38.3 Å². The number of hydrogen-bond acceptors (Lipinski definition) is 5. The number of allylic oxidation sites excluding steroid dienone is 1. The van der Waals surface area contributed by atoms with E-state index in [9.17, 15) is 4.79 Å². The summed E-state index contributed by atoms with van der Waals surface area (Å²) in [5.41, 5.74) is 3.27. The molecule has 0 fully saturated rings. The summed E-state index contributed by atoms with van der Waals surface area (Å²) >= 11 is 0. The summed E-state index contributed by atoms with van der Waals surface area (Å²) in [6.45, 7) is 6.40. The highest BCUT2D eigenvalue weighted by molar-refractivity contribution is 6.35. The topological polar surface area (TPSA) is 54.0 Å². The van der Waals surface area contributed by atoms with Crippen LogP contribution in [0.15, 0.2) is 42.5 Å². The maximum Gasteiger partial charge on any atom is 0.236 e. The van der Waals surface area contributed by atoms with Crippen LogP contribution < -0.4 is 14.2 Å². The zero-order chi connectivity index (χ0) is 21.9. The van der Waals surface area contributed by atoms with Crippen LogP contribution in [0.4, 0.5) is 0 Å². The smallest absolute Gasteiger partial charge is 0.236 e. The molecule has 30 heavy (non-hydrogen) atoms. The third kappa shape index (κ3) is 4.60. The molecule has 2 radical (unpaired) electrons. The Morgan fingerprint density at radius 2 is 1.50 bits per heavy atom. The van der Waals surface area contributed by atoms with Crippen LogP contribution in [0.5, 0.6) is 17.2 Å². The van der Waals surface area contributed by atoms with Gasteiger partial charge in [-0.2, -0.15) is 0 Å². The van der Waals surface area contributed by atoms with Crippen LogP contribution in [0.2, 0.25) is 5.04 Å². The quantitative estimate of drug-likeness (QED) is 0.597. The summed E-state index contributed by atoms with van der Waals surface area (Å²) in [7, 11) is 4.98. The number of rotatable bonds is 7. The molecule has 0 aromatic heterocycles. The van der Waals surface area contributed by atoms with Gasteiger partial charge in [-0.1, -0.05) is 51.1 Å². The minimum absolute atomic E-state index is 0.0279. The number of carbonyl (C=O) groups excluding carboxylic acids is 1. The second-order valence-corrected chi connectivity index (χ2v) is 10.1. The molecule has 0 spiro atoms. The molecule has 0 aliphatic heterocycles. The van der Waals surface area contributed by atoms with E-state index in [0.717, 1.165) is 16.7 Å². The first-order valence-corrected chi connectivity index (χ1v) is 10.8. The van der Waals surface area contributed by atoms with E-state index in [1.165, 1.54) is 0 Å². The molecule has 158 valence electrons. The number of hydrogen-bond donors (Lipinski definition) is 0. The van der Waals surface area contributed by atoms with Gasteiger partial charge >= 0.3 is 0 Å². The van der Waals surface area contributed by atoms with Crippen molar-refractivity contribution < 1.29 is 23.4 Å². The van der Waals surface area contributed by atoms with Crippen LogP contribution in [0.3, 0.4) is 0 Å². The van der Waals surface area contributed by atoms with Gasteiger partial charge < -0.3 is 18.6 Å². The average molecular weight is 425 g/mol. The minimum Gasteiger partial charge on any atom is -0.493 e. The molecule has 1 aliphatic carbocycles. The number of Topliss-reactive ketones (excluding diaryl/α,β-unsaturated/α-hetero) is 1. The highest BCUT2D eigenvalue weighted by atomic mass is 28.2. The van der Waals surface area contributed by atoms with Crippen molar-refractivity contribution in [3.63, 3.8) is 0 Å². The zero-order valence-electron chi connectivity index (χ0n) is 18.4. The van der Waals surface area contributed by atoms with Crippen molar-refractivity contribution in [3.05, 3.63) is 53.6 Å². The molecule has 2 aromatic rings. The highest BCUT2D eigenvalue weighted by Crippen LogP contribution is 2.45. The van der Waals surface area contributed by atoms with E-state index in [1.807, 2.05) is 42.5 Å². The van der Waals surface area contributed by atoms with Crippen molar-refractivity contribution in [2.75, 3.05) is 21.3 Å². The van der Waals surface area contributed by atoms with Crippen LogP contribution in [-0.2, 0) is 9.22 Å². The number of methoxy groups -OCH3 is 3. The van der Waals surface area contributed by atoms with Gasteiger partial charge in [0.05, 0.1) is 27.4 Å². The highest BCUT2D eigenvalue weighted by Gasteiger charge is 2.36. The molecular formula is C24H28O5Si. The monoisotopic (exact) mass is 424 g/mol. The molecule has 1 atom stereocenters. The first-order valence-electron chi connectivity index (χ1n) is 9.85. The van der Waals surface area contributed by atoms with Gasteiger partial charge in [0.25, 0.3) is 0 Å². The largest absolute Gasteiger partial charge is 0.493 e.